The lowest BCUT2D eigenvalue weighted by Gasteiger charge is -2.38. The fourth-order valence-corrected chi connectivity index (χ4v) is 5.39. The molecule has 1 saturated carbocycles. The molecule has 0 spiro atoms. The molecular formula is C17H19ClFN3O4S. The Labute approximate surface area is 161 Å². The van der Waals surface area contributed by atoms with Crippen molar-refractivity contribution in [1.29, 1.82) is 0 Å². The van der Waals surface area contributed by atoms with Crippen LogP contribution in [0.5, 0.6) is 0 Å². The molecule has 27 heavy (non-hydrogen) atoms. The van der Waals surface area contributed by atoms with Gasteiger partial charge in [0.1, 0.15) is 10.7 Å². The highest BCUT2D eigenvalue weighted by molar-refractivity contribution is 7.89. The zero-order valence-corrected chi connectivity index (χ0v) is 16.1. The Morgan fingerprint density at radius 2 is 2.00 bits per heavy atom. The van der Waals surface area contributed by atoms with Gasteiger partial charge in [-0.15, -0.1) is 0 Å². The van der Waals surface area contributed by atoms with E-state index in [1.54, 1.807) is 0 Å². The molecule has 146 valence electrons. The van der Waals surface area contributed by atoms with Crippen molar-refractivity contribution in [3.63, 3.8) is 0 Å². The molecule has 1 aliphatic rings. The summed E-state index contributed by atoms with van der Waals surface area (Å²) >= 11 is 5.83. The molecule has 10 heteroatoms. The van der Waals surface area contributed by atoms with E-state index in [0.29, 0.717) is 25.7 Å². The molecule has 2 N–H and O–H groups in total. The van der Waals surface area contributed by atoms with Crippen molar-refractivity contribution >= 4 is 27.6 Å². The van der Waals surface area contributed by atoms with Gasteiger partial charge in [-0.05, 0) is 25.0 Å². The molecule has 0 aliphatic heterocycles. The van der Waals surface area contributed by atoms with Crippen LogP contribution >= 0.6 is 11.6 Å². The average Bonchev–Trinajstić information content (AvgIpc) is 2.98. The Morgan fingerprint density at radius 1 is 1.33 bits per heavy atom. The maximum atomic E-state index is 14.6. The highest BCUT2D eigenvalue weighted by Crippen LogP contribution is 2.40. The number of sulfonamides is 1. The van der Waals surface area contributed by atoms with Gasteiger partial charge >= 0.3 is 5.97 Å². The average molecular weight is 416 g/mol. The lowest BCUT2D eigenvalue weighted by Crippen LogP contribution is -2.47. The highest BCUT2D eigenvalue weighted by Gasteiger charge is 2.41. The molecule has 1 fully saturated rings. The highest BCUT2D eigenvalue weighted by atomic mass is 35.5. The van der Waals surface area contributed by atoms with Crippen molar-refractivity contribution in [3.8, 4) is 0 Å². The van der Waals surface area contributed by atoms with Crippen molar-refractivity contribution < 1.29 is 22.7 Å². The van der Waals surface area contributed by atoms with Crippen molar-refractivity contribution in [2.45, 2.75) is 42.5 Å². The van der Waals surface area contributed by atoms with Gasteiger partial charge in [0.25, 0.3) is 0 Å². The van der Waals surface area contributed by atoms with Gasteiger partial charge in [-0.25, -0.2) is 22.3 Å². The lowest BCUT2D eigenvalue weighted by molar-refractivity contribution is 0.0680. The molecule has 0 amide bonds. The number of hydrogen-bond donors (Lipinski definition) is 2. The Balaban J connectivity index is 2.09. The topological polar surface area (TPSA) is 101 Å². The summed E-state index contributed by atoms with van der Waals surface area (Å²) in [5.74, 6) is -2.01. The number of carboxylic acid groups (broad SMARTS) is 1. The van der Waals surface area contributed by atoms with Crippen molar-refractivity contribution in [2.75, 3.05) is 0 Å². The van der Waals surface area contributed by atoms with Crippen LogP contribution < -0.4 is 4.72 Å². The molecule has 3 rings (SSSR count). The minimum Gasteiger partial charge on any atom is -0.476 e. The van der Waals surface area contributed by atoms with E-state index in [9.17, 15) is 22.7 Å². The number of rotatable bonds is 5. The number of carboxylic acids is 1. The standard InChI is InChI=1S/C17H19ClFN3O4S/c1-22-15(16(23)24)14(10-20-22)27(25,26)21-17(7-3-2-4-8-17)12-6-5-11(18)9-13(12)19/h5-6,9-10,21H,2-4,7-8H2,1H3,(H,23,24). The summed E-state index contributed by atoms with van der Waals surface area (Å²) < 4.78 is 44.2. The zero-order valence-electron chi connectivity index (χ0n) is 14.6. The largest absolute Gasteiger partial charge is 0.476 e. The van der Waals surface area contributed by atoms with E-state index in [4.69, 9.17) is 11.6 Å². The number of nitrogens with zero attached hydrogens (tertiary/aromatic N) is 2. The Morgan fingerprint density at radius 3 is 2.59 bits per heavy atom. The first-order valence-electron chi connectivity index (χ1n) is 8.41. The predicted octanol–water partition coefficient (Wildman–Crippen LogP) is 3.05. The fourth-order valence-electron chi connectivity index (χ4n) is 3.63. The first kappa shape index (κ1) is 19.8. The van der Waals surface area contributed by atoms with E-state index in [1.807, 2.05) is 0 Å². The Kier molecular flexibility index (Phi) is 5.29. The van der Waals surface area contributed by atoms with Gasteiger partial charge in [0, 0.05) is 17.6 Å². The van der Waals surface area contributed by atoms with Gasteiger partial charge < -0.3 is 5.11 Å². The summed E-state index contributed by atoms with van der Waals surface area (Å²) in [5.41, 5.74) is -1.42. The number of aromatic carboxylic acids is 1. The summed E-state index contributed by atoms with van der Waals surface area (Å²) in [6.07, 6.45) is 4.11. The number of aryl methyl sites for hydroxylation is 1. The quantitative estimate of drug-likeness (QED) is 0.781. The minimum atomic E-state index is -4.26. The van der Waals surface area contributed by atoms with Crippen LogP contribution in [0.4, 0.5) is 4.39 Å². The van der Waals surface area contributed by atoms with Gasteiger partial charge in [-0.3, -0.25) is 4.68 Å². The van der Waals surface area contributed by atoms with Crippen LogP contribution in [0, 0.1) is 5.82 Å². The summed E-state index contributed by atoms with van der Waals surface area (Å²) in [6, 6.07) is 4.14. The Bertz CT molecular complexity index is 984. The van der Waals surface area contributed by atoms with Crippen LogP contribution in [-0.4, -0.2) is 29.3 Å². The third kappa shape index (κ3) is 3.71. The molecule has 0 unspecified atom stereocenters. The van der Waals surface area contributed by atoms with Crippen LogP contribution in [0.1, 0.15) is 48.2 Å². The number of aromatic nitrogens is 2. The van der Waals surface area contributed by atoms with Crippen LogP contribution in [0.25, 0.3) is 0 Å². The van der Waals surface area contributed by atoms with E-state index < -0.39 is 37.9 Å². The smallest absolute Gasteiger partial charge is 0.355 e. The molecule has 0 saturated heterocycles. The molecule has 0 bridgehead atoms. The first-order valence-corrected chi connectivity index (χ1v) is 10.3. The molecule has 1 heterocycles. The maximum absolute atomic E-state index is 14.6. The number of nitrogens with one attached hydrogen (secondary N) is 1. The van der Waals surface area contributed by atoms with E-state index in [-0.39, 0.29) is 10.6 Å². The molecule has 0 radical (unpaired) electrons. The molecule has 2 aromatic rings. The molecule has 1 aromatic heterocycles. The zero-order chi connectivity index (χ0) is 19.8. The number of halogens is 2. The van der Waals surface area contributed by atoms with Gasteiger partial charge in [0.05, 0.1) is 11.7 Å². The molecule has 1 aromatic carbocycles. The normalized spacial score (nSPS) is 17.0. The van der Waals surface area contributed by atoms with Crippen LogP contribution in [0.3, 0.4) is 0 Å². The molecule has 7 nitrogen and oxygen atoms in total. The van der Waals surface area contributed by atoms with Gasteiger partial charge in [0.2, 0.25) is 10.0 Å². The molecule has 0 atom stereocenters. The molecule has 1 aliphatic carbocycles. The number of benzene rings is 1. The number of carbonyl (C=O) groups is 1. The van der Waals surface area contributed by atoms with Crippen LogP contribution in [0.2, 0.25) is 5.02 Å². The third-order valence-corrected chi connectivity index (χ3v) is 6.65. The van der Waals surface area contributed by atoms with Crippen molar-refractivity contribution in [3.05, 3.63) is 46.5 Å². The second kappa shape index (κ2) is 7.21. The fraction of sp³-hybridized carbons (Fsp3) is 0.412. The van der Waals surface area contributed by atoms with E-state index in [2.05, 4.69) is 9.82 Å². The summed E-state index contributed by atoms with van der Waals surface area (Å²) in [4.78, 5) is 11.0. The lowest BCUT2D eigenvalue weighted by atomic mass is 9.77. The summed E-state index contributed by atoms with van der Waals surface area (Å²) in [6.45, 7) is 0. The Hall–Kier alpha value is -1.97. The monoisotopic (exact) mass is 415 g/mol. The first-order chi connectivity index (χ1) is 12.7. The van der Waals surface area contributed by atoms with Crippen LogP contribution in [-0.2, 0) is 22.6 Å². The third-order valence-electron chi connectivity index (χ3n) is 4.88. The maximum Gasteiger partial charge on any atom is 0.355 e. The van der Waals surface area contributed by atoms with Gasteiger partial charge in [-0.2, -0.15) is 5.10 Å². The van der Waals surface area contributed by atoms with Crippen LogP contribution in [0.15, 0.2) is 29.3 Å². The van der Waals surface area contributed by atoms with Crippen molar-refractivity contribution in [1.82, 2.24) is 14.5 Å². The predicted molar refractivity (Wildman–Crippen MR) is 96.7 cm³/mol. The number of hydrogen-bond acceptors (Lipinski definition) is 4. The van der Waals surface area contributed by atoms with Gasteiger partial charge in [-0.1, -0.05) is 36.9 Å². The minimum absolute atomic E-state index is 0.205. The van der Waals surface area contributed by atoms with E-state index in [0.717, 1.165) is 23.4 Å². The van der Waals surface area contributed by atoms with E-state index in [1.165, 1.54) is 19.2 Å². The SMILES string of the molecule is Cn1ncc(S(=O)(=O)NC2(c3ccc(Cl)cc3F)CCCCC2)c1C(=O)O. The van der Waals surface area contributed by atoms with Gasteiger partial charge in [0.15, 0.2) is 5.69 Å². The summed E-state index contributed by atoms with van der Waals surface area (Å²) in [7, 11) is -2.92. The second-order valence-electron chi connectivity index (χ2n) is 6.66. The van der Waals surface area contributed by atoms with Crippen molar-refractivity contribution in [2.24, 2.45) is 7.05 Å². The molecular weight excluding hydrogens is 397 g/mol. The summed E-state index contributed by atoms with van der Waals surface area (Å²) in [5, 5.41) is 13.3. The van der Waals surface area contributed by atoms with E-state index >= 15 is 0 Å². The second-order valence-corrected chi connectivity index (χ2v) is 8.75.